The van der Waals surface area contributed by atoms with Crippen molar-refractivity contribution >= 4 is 11.6 Å². The molecule has 39 valence electrons. The molecule has 0 saturated heterocycles. The van der Waals surface area contributed by atoms with Crippen LogP contribution in [-0.4, -0.2) is 5.88 Å². The number of rotatable bonds is 0. The first-order valence-electron chi connectivity index (χ1n) is 2.12. The van der Waals surface area contributed by atoms with E-state index in [2.05, 4.69) is 11.8 Å². The van der Waals surface area contributed by atoms with Gasteiger partial charge in [0.05, 0.1) is 5.88 Å². The largest absolute Gasteiger partial charge is 0.113 e. The third kappa shape index (κ3) is 5.85. The van der Waals surface area contributed by atoms with E-state index >= 15 is 0 Å². The van der Waals surface area contributed by atoms with E-state index in [1.165, 1.54) is 0 Å². The first-order chi connectivity index (χ1) is 3.27. The molecule has 0 bridgehead atoms. The lowest BCUT2D eigenvalue weighted by Crippen LogP contribution is -1.73. The predicted molar refractivity (Wildman–Crippen MR) is 33.1 cm³/mol. The molecule has 0 nitrogen and oxygen atoms in total. The molecule has 0 unspecified atom stereocenters. The van der Waals surface area contributed by atoms with Gasteiger partial charge in [-0.1, -0.05) is 11.8 Å². The molecule has 1 heteroatoms. The van der Waals surface area contributed by atoms with E-state index in [0.29, 0.717) is 5.88 Å². The second-order valence-electron chi connectivity index (χ2n) is 1.44. The predicted octanol–water partition coefficient (Wildman–Crippen LogP) is 1.84. The highest BCUT2D eigenvalue weighted by Gasteiger charge is 1.78. The molecule has 1 radical (unpaired) electrons. The Morgan fingerprint density at radius 3 is 2.29 bits per heavy atom. The summed E-state index contributed by atoms with van der Waals surface area (Å²) in [6.07, 6.45) is 0. The zero-order chi connectivity index (χ0) is 5.70. The monoisotopic (exact) mass is 115 g/mol. The zero-order valence-electron chi connectivity index (χ0n) is 4.59. The molecule has 0 aromatic heterocycles. The van der Waals surface area contributed by atoms with Crippen molar-refractivity contribution in [3.63, 3.8) is 0 Å². The summed E-state index contributed by atoms with van der Waals surface area (Å²) in [7, 11) is 0. The number of alkyl halides is 1. The van der Waals surface area contributed by atoms with Crippen LogP contribution in [0.3, 0.4) is 0 Å². The molecule has 0 aromatic rings. The van der Waals surface area contributed by atoms with Gasteiger partial charge in [0.1, 0.15) is 0 Å². The van der Waals surface area contributed by atoms with Crippen LogP contribution in [0.2, 0.25) is 0 Å². The molecule has 0 N–H and O–H groups in total. The van der Waals surface area contributed by atoms with E-state index in [0.717, 1.165) is 5.92 Å². The van der Waals surface area contributed by atoms with Gasteiger partial charge in [-0.15, -0.1) is 11.6 Å². The van der Waals surface area contributed by atoms with Gasteiger partial charge in [-0.05, 0) is 13.8 Å². The van der Waals surface area contributed by atoms with E-state index in [9.17, 15) is 0 Å². The molecule has 0 spiro atoms. The molecule has 0 aromatic carbocycles. The van der Waals surface area contributed by atoms with Crippen LogP contribution in [0.1, 0.15) is 13.8 Å². The normalized spacial score (nSPS) is 8.00. The summed E-state index contributed by atoms with van der Waals surface area (Å²) in [5.74, 6) is 7.10. The van der Waals surface area contributed by atoms with Gasteiger partial charge < -0.3 is 0 Å². The number of halogens is 1. The molecule has 0 amide bonds. The van der Waals surface area contributed by atoms with Crippen LogP contribution < -0.4 is 0 Å². The van der Waals surface area contributed by atoms with Gasteiger partial charge in [0.25, 0.3) is 0 Å². The van der Waals surface area contributed by atoms with E-state index in [-0.39, 0.29) is 0 Å². The molecule has 0 fully saturated rings. The standard InChI is InChI=1S/C6H8Cl/c1-6(2)4-3-5-7/h5H2,1-2H3. The fraction of sp³-hybridized carbons (Fsp3) is 0.500. The van der Waals surface area contributed by atoms with Crippen LogP contribution in [0.4, 0.5) is 0 Å². The number of hydrogen-bond acceptors (Lipinski definition) is 0. The lowest BCUT2D eigenvalue weighted by Gasteiger charge is -1.81. The minimum atomic E-state index is 0.436. The van der Waals surface area contributed by atoms with Gasteiger partial charge in [-0.3, -0.25) is 0 Å². The third-order valence-corrected chi connectivity index (χ3v) is 0.539. The van der Waals surface area contributed by atoms with Crippen LogP contribution in [0, 0.1) is 17.8 Å². The Kier molecular flexibility index (Phi) is 3.93. The van der Waals surface area contributed by atoms with Crippen molar-refractivity contribution in [3.05, 3.63) is 5.92 Å². The Bertz CT molecular complexity index is 84.1. The van der Waals surface area contributed by atoms with Gasteiger partial charge in [0, 0.05) is 5.92 Å². The average molecular weight is 116 g/mol. The van der Waals surface area contributed by atoms with Gasteiger partial charge >= 0.3 is 0 Å². The molecule has 0 aliphatic carbocycles. The minimum Gasteiger partial charge on any atom is -0.113 e. The van der Waals surface area contributed by atoms with Crippen molar-refractivity contribution in [1.29, 1.82) is 0 Å². The Hall–Kier alpha value is -0.150. The second-order valence-corrected chi connectivity index (χ2v) is 1.70. The Balaban J connectivity index is 3.24. The summed E-state index contributed by atoms with van der Waals surface area (Å²) in [4.78, 5) is 0. The Morgan fingerprint density at radius 2 is 2.14 bits per heavy atom. The fourth-order valence-electron chi connectivity index (χ4n) is 0.210. The molecular weight excluding hydrogens is 108 g/mol. The molecule has 0 aliphatic rings. The molecule has 0 saturated carbocycles. The van der Waals surface area contributed by atoms with Crippen LogP contribution in [0.25, 0.3) is 0 Å². The highest BCUT2D eigenvalue weighted by atomic mass is 35.5. The molecule has 0 atom stereocenters. The highest BCUT2D eigenvalue weighted by Crippen LogP contribution is 1.88. The summed E-state index contributed by atoms with van der Waals surface area (Å²) in [6, 6.07) is 0. The van der Waals surface area contributed by atoms with E-state index < -0.39 is 0 Å². The fourth-order valence-corrected chi connectivity index (χ4v) is 0.277. The lowest BCUT2D eigenvalue weighted by molar-refractivity contribution is 1.25. The summed E-state index contributed by atoms with van der Waals surface area (Å²) >= 11 is 5.26. The van der Waals surface area contributed by atoms with Crippen LogP contribution in [0.5, 0.6) is 0 Å². The summed E-state index contributed by atoms with van der Waals surface area (Å²) < 4.78 is 0. The van der Waals surface area contributed by atoms with Gasteiger partial charge in [0.2, 0.25) is 0 Å². The summed E-state index contributed by atoms with van der Waals surface area (Å²) in [5, 5.41) is 0. The quantitative estimate of drug-likeness (QED) is 0.334. The van der Waals surface area contributed by atoms with Crippen molar-refractivity contribution in [2.45, 2.75) is 13.8 Å². The van der Waals surface area contributed by atoms with Gasteiger partial charge in [-0.2, -0.15) is 0 Å². The van der Waals surface area contributed by atoms with Crippen molar-refractivity contribution in [3.8, 4) is 11.8 Å². The maximum absolute atomic E-state index is 5.26. The molecule has 0 aliphatic heterocycles. The van der Waals surface area contributed by atoms with Crippen molar-refractivity contribution in [2.24, 2.45) is 0 Å². The van der Waals surface area contributed by atoms with Crippen LogP contribution in [0.15, 0.2) is 0 Å². The third-order valence-electron chi connectivity index (χ3n) is 0.405. The first kappa shape index (κ1) is 6.85. The molecule has 7 heavy (non-hydrogen) atoms. The zero-order valence-corrected chi connectivity index (χ0v) is 5.34. The topological polar surface area (TPSA) is 0 Å². The van der Waals surface area contributed by atoms with Crippen LogP contribution >= 0.6 is 11.6 Å². The van der Waals surface area contributed by atoms with Crippen molar-refractivity contribution in [1.82, 2.24) is 0 Å². The summed E-state index contributed by atoms with van der Waals surface area (Å²) in [5.41, 5.74) is 0. The van der Waals surface area contributed by atoms with E-state index in [1.807, 2.05) is 13.8 Å². The Labute approximate surface area is 49.9 Å². The maximum Gasteiger partial charge on any atom is 0.0835 e. The molecule has 0 rings (SSSR count). The second kappa shape index (κ2) is 4.02. The molecule has 0 heterocycles. The minimum absolute atomic E-state index is 0.436. The van der Waals surface area contributed by atoms with Crippen LogP contribution in [-0.2, 0) is 0 Å². The van der Waals surface area contributed by atoms with Gasteiger partial charge in [0.15, 0.2) is 0 Å². The first-order valence-corrected chi connectivity index (χ1v) is 2.66. The van der Waals surface area contributed by atoms with E-state index in [1.54, 1.807) is 0 Å². The van der Waals surface area contributed by atoms with Gasteiger partial charge in [-0.25, -0.2) is 0 Å². The summed E-state index contributed by atoms with van der Waals surface area (Å²) in [6.45, 7) is 3.92. The number of hydrogen-bond donors (Lipinski definition) is 0. The van der Waals surface area contributed by atoms with E-state index in [4.69, 9.17) is 11.6 Å². The van der Waals surface area contributed by atoms with Crippen molar-refractivity contribution < 1.29 is 0 Å². The Morgan fingerprint density at radius 1 is 1.57 bits per heavy atom. The van der Waals surface area contributed by atoms with Crippen molar-refractivity contribution in [2.75, 3.05) is 5.88 Å². The maximum atomic E-state index is 5.26. The highest BCUT2D eigenvalue weighted by molar-refractivity contribution is 6.19. The molecular formula is C6H8Cl. The average Bonchev–Trinajstić information content (AvgIpc) is 1.61. The smallest absolute Gasteiger partial charge is 0.0835 e. The lowest BCUT2D eigenvalue weighted by atomic mass is 10.2. The SMILES string of the molecule is C[C](C)C#CCCl.